The van der Waals surface area contributed by atoms with E-state index in [1.54, 1.807) is 0 Å². The second kappa shape index (κ2) is 5.74. The van der Waals surface area contributed by atoms with Gasteiger partial charge >= 0.3 is 6.09 Å². The van der Waals surface area contributed by atoms with Crippen LogP contribution in [0, 0.1) is 11.8 Å². The number of hydrogen-bond acceptors (Lipinski definition) is 2. The minimum Gasteiger partial charge on any atom is -0.444 e. The summed E-state index contributed by atoms with van der Waals surface area (Å²) < 4.78 is 5.39. The van der Waals surface area contributed by atoms with Crippen LogP contribution in [-0.4, -0.2) is 29.7 Å². The first-order valence-corrected chi connectivity index (χ1v) is 6.81. The molecular weight excluding hydrogens is 214 g/mol. The average molecular weight is 241 g/mol. The highest BCUT2D eigenvalue weighted by Crippen LogP contribution is 2.27. The maximum atomic E-state index is 11.9. The molecule has 0 bridgehead atoms. The van der Waals surface area contributed by atoms with Gasteiger partial charge in [-0.15, -0.1) is 0 Å². The van der Waals surface area contributed by atoms with Gasteiger partial charge in [-0.25, -0.2) is 4.79 Å². The molecule has 1 aliphatic rings. The number of ether oxygens (including phenoxy) is 1. The Morgan fingerprint density at radius 1 is 1.35 bits per heavy atom. The van der Waals surface area contributed by atoms with Crippen LogP contribution in [0.15, 0.2) is 0 Å². The van der Waals surface area contributed by atoms with Crippen LogP contribution in [0.3, 0.4) is 0 Å². The van der Waals surface area contributed by atoms with Crippen LogP contribution in [0.4, 0.5) is 4.79 Å². The number of carbonyl (C=O) groups excluding carboxylic acids is 1. The van der Waals surface area contributed by atoms with Crippen LogP contribution in [0.25, 0.3) is 0 Å². The zero-order valence-electron chi connectivity index (χ0n) is 12.0. The summed E-state index contributed by atoms with van der Waals surface area (Å²) >= 11 is 0. The number of amides is 1. The Morgan fingerprint density at radius 3 is 2.29 bits per heavy atom. The lowest BCUT2D eigenvalue weighted by molar-refractivity contribution is 0.0162. The van der Waals surface area contributed by atoms with E-state index < -0.39 is 0 Å². The Morgan fingerprint density at radius 2 is 1.88 bits per heavy atom. The van der Waals surface area contributed by atoms with Gasteiger partial charge in [0.2, 0.25) is 0 Å². The van der Waals surface area contributed by atoms with Gasteiger partial charge in [0.25, 0.3) is 0 Å². The Bertz CT molecular complexity index is 249. The van der Waals surface area contributed by atoms with Crippen LogP contribution < -0.4 is 0 Å². The molecule has 1 heterocycles. The lowest BCUT2D eigenvalue weighted by Crippen LogP contribution is -2.42. The summed E-state index contributed by atoms with van der Waals surface area (Å²) in [5.74, 6) is 1.55. The number of piperidine rings is 1. The molecule has 0 aromatic heterocycles. The van der Waals surface area contributed by atoms with Crippen molar-refractivity contribution in [3.63, 3.8) is 0 Å². The average Bonchev–Trinajstić information content (AvgIpc) is 2.26. The molecule has 3 heteroatoms. The maximum absolute atomic E-state index is 11.9. The summed E-state index contributed by atoms with van der Waals surface area (Å²) in [6.45, 7) is 12.0. The van der Waals surface area contributed by atoms with Crippen molar-refractivity contribution < 1.29 is 9.53 Å². The van der Waals surface area contributed by atoms with Crippen molar-refractivity contribution in [2.45, 2.75) is 59.5 Å². The van der Waals surface area contributed by atoms with Crippen molar-refractivity contribution in [2.24, 2.45) is 11.8 Å². The molecular formula is C14H27NO2. The second-order valence-corrected chi connectivity index (χ2v) is 6.19. The van der Waals surface area contributed by atoms with Gasteiger partial charge in [-0.1, -0.05) is 20.3 Å². The number of carbonyl (C=O) groups is 1. The van der Waals surface area contributed by atoms with Crippen molar-refractivity contribution in [2.75, 3.05) is 13.1 Å². The SMILES string of the molecule is CC[C@H](C)C1CCN(C(=O)OC(C)(C)C)CC1. The topological polar surface area (TPSA) is 29.5 Å². The Hall–Kier alpha value is -0.730. The fourth-order valence-corrected chi connectivity index (χ4v) is 2.31. The van der Waals surface area contributed by atoms with E-state index >= 15 is 0 Å². The first-order valence-electron chi connectivity index (χ1n) is 6.81. The largest absolute Gasteiger partial charge is 0.444 e. The third kappa shape index (κ3) is 4.57. The molecule has 0 unspecified atom stereocenters. The molecule has 100 valence electrons. The van der Waals surface area contributed by atoms with Crippen LogP contribution in [0.2, 0.25) is 0 Å². The minimum absolute atomic E-state index is 0.153. The fourth-order valence-electron chi connectivity index (χ4n) is 2.31. The highest BCUT2D eigenvalue weighted by Gasteiger charge is 2.28. The molecule has 0 saturated carbocycles. The van der Waals surface area contributed by atoms with Crippen LogP contribution in [0.5, 0.6) is 0 Å². The molecule has 0 N–H and O–H groups in total. The zero-order chi connectivity index (χ0) is 13.1. The lowest BCUT2D eigenvalue weighted by Gasteiger charge is -2.35. The summed E-state index contributed by atoms with van der Waals surface area (Å²) in [6.07, 6.45) is 3.32. The molecule has 1 saturated heterocycles. The van der Waals surface area contributed by atoms with E-state index in [-0.39, 0.29) is 11.7 Å². The van der Waals surface area contributed by atoms with E-state index in [2.05, 4.69) is 13.8 Å². The van der Waals surface area contributed by atoms with Crippen molar-refractivity contribution in [3.8, 4) is 0 Å². The molecule has 0 spiro atoms. The fraction of sp³-hybridized carbons (Fsp3) is 0.929. The van der Waals surface area contributed by atoms with E-state index in [1.165, 1.54) is 6.42 Å². The smallest absolute Gasteiger partial charge is 0.410 e. The van der Waals surface area contributed by atoms with Crippen LogP contribution >= 0.6 is 0 Å². The summed E-state index contributed by atoms with van der Waals surface area (Å²) in [5, 5.41) is 0. The van der Waals surface area contributed by atoms with Gasteiger partial charge in [0.05, 0.1) is 0 Å². The molecule has 17 heavy (non-hydrogen) atoms. The van der Waals surface area contributed by atoms with Gasteiger partial charge in [-0.05, 0) is 45.4 Å². The van der Waals surface area contributed by atoms with E-state index in [9.17, 15) is 4.79 Å². The van der Waals surface area contributed by atoms with Gasteiger partial charge in [0, 0.05) is 13.1 Å². The van der Waals surface area contributed by atoms with E-state index in [4.69, 9.17) is 4.74 Å². The van der Waals surface area contributed by atoms with E-state index in [0.29, 0.717) is 0 Å². The number of nitrogens with zero attached hydrogens (tertiary/aromatic N) is 1. The molecule has 3 nitrogen and oxygen atoms in total. The van der Waals surface area contributed by atoms with Crippen molar-refractivity contribution >= 4 is 6.09 Å². The first-order chi connectivity index (χ1) is 7.83. The lowest BCUT2D eigenvalue weighted by atomic mass is 9.84. The van der Waals surface area contributed by atoms with Gasteiger partial charge < -0.3 is 9.64 Å². The third-order valence-electron chi connectivity index (χ3n) is 3.64. The molecule has 1 amide bonds. The molecule has 1 atom stereocenters. The van der Waals surface area contributed by atoms with E-state index in [1.807, 2.05) is 25.7 Å². The molecule has 0 aromatic rings. The predicted molar refractivity (Wildman–Crippen MR) is 70.0 cm³/mol. The summed E-state index contributed by atoms with van der Waals surface area (Å²) in [6, 6.07) is 0. The Balaban J connectivity index is 2.39. The Kier molecular flexibility index (Phi) is 4.84. The monoisotopic (exact) mass is 241 g/mol. The summed E-state index contributed by atoms with van der Waals surface area (Å²) in [4.78, 5) is 13.7. The van der Waals surface area contributed by atoms with Crippen molar-refractivity contribution in [1.82, 2.24) is 4.90 Å². The standard InChI is InChI=1S/C14H27NO2/c1-6-11(2)12-7-9-15(10-8-12)13(16)17-14(3,4)5/h11-12H,6-10H2,1-5H3/t11-/m0/s1. The van der Waals surface area contributed by atoms with Gasteiger partial charge in [0.15, 0.2) is 0 Å². The van der Waals surface area contributed by atoms with Crippen molar-refractivity contribution in [1.29, 1.82) is 0 Å². The maximum Gasteiger partial charge on any atom is 0.410 e. The Labute approximate surface area is 106 Å². The van der Waals surface area contributed by atoms with Gasteiger partial charge in [-0.3, -0.25) is 0 Å². The normalized spacial score (nSPS) is 20.2. The summed E-state index contributed by atoms with van der Waals surface area (Å²) in [5.41, 5.74) is -0.384. The van der Waals surface area contributed by atoms with Gasteiger partial charge in [-0.2, -0.15) is 0 Å². The second-order valence-electron chi connectivity index (χ2n) is 6.19. The van der Waals surface area contributed by atoms with Crippen LogP contribution in [0.1, 0.15) is 53.9 Å². The van der Waals surface area contributed by atoms with Crippen LogP contribution in [-0.2, 0) is 4.74 Å². The molecule has 1 aliphatic heterocycles. The van der Waals surface area contributed by atoms with E-state index in [0.717, 1.165) is 37.8 Å². The predicted octanol–water partition coefficient (Wildman–Crippen LogP) is 3.68. The quantitative estimate of drug-likeness (QED) is 0.738. The molecule has 1 rings (SSSR count). The first kappa shape index (κ1) is 14.3. The zero-order valence-corrected chi connectivity index (χ0v) is 12.0. The molecule has 0 aromatic carbocycles. The highest BCUT2D eigenvalue weighted by molar-refractivity contribution is 5.68. The number of hydrogen-bond donors (Lipinski definition) is 0. The highest BCUT2D eigenvalue weighted by atomic mass is 16.6. The summed E-state index contributed by atoms with van der Waals surface area (Å²) in [7, 11) is 0. The molecule has 0 radical (unpaired) electrons. The molecule has 1 fully saturated rings. The number of rotatable bonds is 2. The third-order valence-corrected chi connectivity index (χ3v) is 3.64. The van der Waals surface area contributed by atoms with Crippen molar-refractivity contribution in [3.05, 3.63) is 0 Å². The number of likely N-dealkylation sites (tertiary alicyclic amines) is 1. The molecule has 0 aliphatic carbocycles. The minimum atomic E-state index is -0.384. The van der Waals surface area contributed by atoms with Gasteiger partial charge in [0.1, 0.15) is 5.60 Å².